The number of pyridine rings is 2. The molecule has 16 heteroatoms. The first-order valence-corrected chi connectivity index (χ1v) is 14.9. The first-order chi connectivity index (χ1) is 19.7. The van der Waals surface area contributed by atoms with Crippen molar-refractivity contribution >= 4 is 64.1 Å². The predicted octanol–water partition coefficient (Wildman–Crippen LogP) is 2.46. The fraction of sp³-hybridized carbons (Fsp3) is 0.615. The van der Waals surface area contributed by atoms with Crippen molar-refractivity contribution in [1.82, 2.24) is 15.3 Å². The number of morpholine rings is 2. The van der Waals surface area contributed by atoms with Crippen LogP contribution in [-0.2, 0) is 9.47 Å². The number of alkyl halides is 2. The van der Waals surface area contributed by atoms with E-state index in [2.05, 4.69) is 42.8 Å². The summed E-state index contributed by atoms with van der Waals surface area (Å²) in [7, 11) is 0. The Morgan fingerprint density at radius 3 is 1.76 bits per heavy atom. The second-order valence-electron chi connectivity index (χ2n) is 9.90. The molecule has 6 rings (SSSR count). The number of hydrogen-bond donors (Lipinski definition) is 3. The van der Waals surface area contributed by atoms with Crippen LogP contribution in [0.3, 0.4) is 0 Å². The molecule has 2 aromatic rings. The molecule has 0 unspecified atom stereocenters. The Morgan fingerprint density at radius 1 is 0.786 bits per heavy atom. The lowest BCUT2D eigenvalue weighted by Crippen LogP contribution is -2.37. The SMILES string of the molecule is Cl.Fc1cc(Cl)cc(N2CCOCC2)n1.O[C@H]1CN(c2cc(I)cc(N3CCOCC3)n2)C[C@@H]1F.O[C@H]1CNC[C@@H]1F. The Labute approximate surface area is 268 Å². The maximum absolute atomic E-state index is 13.5. The first-order valence-electron chi connectivity index (χ1n) is 13.5. The number of halogens is 6. The van der Waals surface area contributed by atoms with Crippen LogP contribution in [0.25, 0.3) is 0 Å². The Morgan fingerprint density at radius 2 is 1.33 bits per heavy atom. The van der Waals surface area contributed by atoms with Gasteiger partial charge >= 0.3 is 0 Å². The zero-order chi connectivity index (χ0) is 29.4. The summed E-state index contributed by atoms with van der Waals surface area (Å²) >= 11 is 7.97. The van der Waals surface area contributed by atoms with Crippen molar-refractivity contribution in [3.8, 4) is 0 Å². The number of nitrogens with one attached hydrogen (secondary N) is 1. The molecular weight excluding hydrogens is 715 g/mol. The van der Waals surface area contributed by atoms with Gasteiger partial charge in [-0.25, -0.2) is 18.7 Å². The van der Waals surface area contributed by atoms with E-state index in [9.17, 15) is 18.3 Å². The molecular formula is C26H36Cl2F3IN6O4. The maximum Gasteiger partial charge on any atom is 0.216 e. The van der Waals surface area contributed by atoms with Crippen LogP contribution >= 0.6 is 46.6 Å². The summed E-state index contributed by atoms with van der Waals surface area (Å²) < 4.78 is 50.0. The number of rotatable bonds is 3. The maximum atomic E-state index is 13.5. The molecule has 0 bridgehead atoms. The monoisotopic (exact) mass is 750 g/mol. The molecule has 0 aromatic carbocycles. The van der Waals surface area contributed by atoms with E-state index in [0.29, 0.717) is 56.9 Å². The number of anilines is 3. The van der Waals surface area contributed by atoms with Gasteiger partial charge in [0, 0.05) is 60.5 Å². The summed E-state index contributed by atoms with van der Waals surface area (Å²) in [6, 6.07) is 6.81. The van der Waals surface area contributed by atoms with Crippen molar-refractivity contribution in [3.05, 3.63) is 38.8 Å². The molecule has 236 valence electrons. The van der Waals surface area contributed by atoms with Gasteiger partial charge in [0.25, 0.3) is 0 Å². The van der Waals surface area contributed by atoms with Crippen LogP contribution in [0, 0.1) is 9.52 Å². The molecule has 42 heavy (non-hydrogen) atoms. The molecule has 0 aliphatic carbocycles. The topological polar surface area (TPSA) is 106 Å². The number of ether oxygens (including phenoxy) is 2. The average molecular weight is 751 g/mol. The van der Waals surface area contributed by atoms with Crippen LogP contribution in [0.4, 0.5) is 30.6 Å². The average Bonchev–Trinajstić information content (AvgIpc) is 3.52. The van der Waals surface area contributed by atoms with Gasteiger partial charge in [-0.05, 0) is 40.8 Å². The minimum absolute atomic E-state index is 0. The van der Waals surface area contributed by atoms with Crippen LogP contribution < -0.4 is 20.0 Å². The van der Waals surface area contributed by atoms with Crippen molar-refractivity contribution < 1.29 is 32.9 Å². The highest BCUT2D eigenvalue weighted by molar-refractivity contribution is 14.1. The summed E-state index contributed by atoms with van der Waals surface area (Å²) in [6.07, 6.45) is -3.91. The highest BCUT2D eigenvalue weighted by atomic mass is 127. The molecule has 0 amide bonds. The van der Waals surface area contributed by atoms with Crippen molar-refractivity contribution in [2.24, 2.45) is 0 Å². The van der Waals surface area contributed by atoms with Gasteiger partial charge in [-0.1, -0.05) is 11.6 Å². The number of hydrogen-bond acceptors (Lipinski definition) is 10. The second-order valence-corrected chi connectivity index (χ2v) is 11.6. The van der Waals surface area contributed by atoms with Crippen LogP contribution in [0.2, 0.25) is 5.02 Å². The second kappa shape index (κ2) is 17.2. The molecule has 0 spiro atoms. The minimum Gasteiger partial charge on any atom is -0.389 e. The van der Waals surface area contributed by atoms with Gasteiger partial charge in [-0.3, -0.25) is 0 Å². The van der Waals surface area contributed by atoms with Gasteiger partial charge in [0.15, 0.2) is 0 Å². The van der Waals surface area contributed by atoms with E-state index >= 15 is 0 Å². The Bertz CT molecular complexity index is 1090. The minimum atomic E-state index is -1.19. The summed E-state index contributed by atoms with van der Waals surface area (Å²) in [6.45, 7) is 7.03. The summed E-state index contributed by atoms with van der Waals surface area (Å²) in [5.74, 6) is 1.67. The summed E-state index contributed by atoms with van der Waals surface area (Å²) in [5.41, 5.74) is 0. The molecule has 3 N–H and O–H groups in total. The van der Waals surface area contributed by atoms with Gasteiger partial charge in [-0.15, -0.1) is 12.4 Å². The molecule has 4 aliphatic rings. The third-order valence-corrected chi connectivity index (χ3v) is 7.67. The van der Waals surface area contributed by atoms with Crippen LogP contribution in [0.5, 0.6) is 0 Å². The molecule has 2 aromatic heterocycles. The number of nitrogens with zero attached hydrogens (tertiary/aromatic N) is 5. The van der Waals surface area contributed by atoms with Crippen LogP contribution in [0.1, 0.15) is 0 Å². The molecule has 4 saturated heterocycles. The van der Waals surface area contributed by atoms with E-state index in [-0.39, 0.29) is 19.0 Å². The quantitative estimate of drug-likeness (QED) is 0.320. The van der Waals surface area contributed by atoms with Crippen LogP contribution in [-0.4, -0.2) is 124 Å². The fourth-order valence-corrected chi connectivity index (χ4v) is 5.31. The smallest absolute Gasteiger partial charge is 0.216 e. The zero-order valence-electron chi connectivity index (χ0n) is 22.8. The normalized spacial score (nSPS) is 25.6. The molecule has 4 aliphatic heterocycles. The van der Waals surface area contributed by atoms with Gasteiger partial charge in [0.05, 0.1) is 39.1 Å². The lowest BCUT2D eigenvalue weighted by Gasteiger charge is -2.29. The molecule has 4 fully saturated rings. The van der Waals surface area contributed by atoms with E-state index in [0.717, 1.165) is 41.4 Å². The fourth-order valence-electron chi connectivity index (χ4n) is 4.56. The zero-order valence-corrected chi connectivity index (χ0v) is 26.6. The number of aromatic nitrogens is 2. The van der Waals surface area contributed by atoms with Crippen molar-refractivity contribution in [1.29, 1.82) is 0 Å². The Kier molecular flexibility index (Phi) is 14.4. The molecule has 0 saturated carbocycles. The van der Waals surface area contributed by atoms with Crippen molar-refractivity contribution in [2.45, 2.75) is 24.6 Å². The molecule has 0 radical (unpaired) electrons. The van der Waals surface area contributed by atoms with Crippen molar-refractivity contribution in [2.75, 3.05) is 93.5 Å². The highest BCUT2D eigenvalue weighted by Gasteiger charge is 2.32. The van der Waals surface area contributed by atoms with E-state index in [4.69, 9.17) is 26.2 Å². The molecule has 6 heterocycles. The van der Waals surface area contributed by atoms with Gasteiger partial charge in [0.1, 0.15) is 35.9 Å². The molecule has 10 nitrogen and oxygen atoms in total. The predicted molar refractivity (Wildman–Crippen MR) is 166 cm³/mol. The first kappa shape index (κ1) is 35.1. The molecule has 4 atom stereocenters. The third-order valence-electron chi connectivity index (χ3n) is 6.83. The standard InChI is InChI=1S/C13H17FIN3O2.C9H10ClFN2O.C4H8FNO.ClH/c14-10-7-18(8-11(10)19)13-6-9(15)5-12(16-13)17-1-3-20-4-2-17;10-7-5-8(11)12-9(6-7)13-1-3-14-4-2-13;5-3-1-6-2-4(3)7;/h5-6,10-11,19H,1-4,7-8H2;5-6H,1-4H2;3-4,6-7H,1-2H2;1H/t10-,11-;;3-,4-;/m0.0./s1. The van der Waals surface area contributed by atoms with E-state index < -0.39 is 30.5 Å². The highest BCUT2D eigenvalue weighted by Crippen LogP contribution is 2.26. The number of aliphatic hydroxyl groups excluding tert-OH is 2. The van der Waals surface area contributed by atoms with Crippen molar-refractivity contribution in [3.63, 3.8) is 0 Å². The Balaban J connectivity index is 0.000000191. The van der Waals surface area contributed by atoms with Gasteiger partial charge in [-0.2, -0.15) is 4.39 Å². The van der Waals surface area contributed by atoms with Gasteiger partial charge < -0.3 is 39.7 Å². The van der Waals surface area contributed by atoms with E-state index in [1.807, 2.05) is 17.0 Å². The Hall–Kier alpha value is -1.40. The summed E-state index contributed by atoms with van der Waals surface area (Å²) in [5, 5.41) is 21.2. The largest absolute Gasteiger partial charge is 0.389 e. The van der Waals surface area contributed by atoms with Gasteiger partial charge in [0.2, 0.25) is 5.95 Å². The number of β-amino-alcohol motifs (C(OH)–C–C–N with tert-alkyl or cyclic N) is 2. The van der Waals surface area contributed by atoms with E-state index in [1.54, 1.807) is 11.0 Å². The van der Waals surface area contributed by atoms with Crippen LogP contribution in [0.15, 0.2) is 24.3 Å². The number of aliphatic hydroxyl groups is 2. The lowest BCUT2D eigenvalue weighted by molar-refractivity contribution is 0.118. The lowest BCUT2D eigenvalue weighted by atomic mass is 10.3. The summed E-state index contributed by atoms with van der Waals surface area (Å²) in [4.78, 5) is 14.3. The van der Waals surface area contributed by atoms with E-state index in [1.165, 1.54) is 6.07 Å². The third kappa shape index (κ3) is 10.4.